The molecule has 0 bridgehead atoms. The summed E-state index contributed by atoms with van der Waals surface area (Å²) < 4.78 is 19.3. The van der Waals surface area contributed by atoms with Gasteiger partial charge >= 0.3 is 0 Å². The van der Waals surface area contributed by atoms with Gasteiger partial charge in [-0.2, -0.15) is 0 Å². The second kappa shape index (κ2) is 4.61. The molecule has 1 saturated carbocycles. The lowest BCUT2D eigenvalue weighted by atomic mass is 10.0. The molecule has 0 unspecified atom stereocenters. The lowest BCUT2D eigenvalue weighted by Crippen LogP contribution is -2.02. The van der Waals surface area contributed by atoms with Crippen molar-refractivity contribution in [2.75, 3.05) is 6.61 Å². The van der Waals surface area contributed by atoms with Crippen LogP contribution in [-0.4, -0.2) is 6.61 Å². The molecule has 1 aliphatic carbocycles. The first-order valence-corrected chi connectivity index (χ1v) is 7.08. The molecule has 0 saturated heterocycles. The van der Waals surface area contributed by atoms with Crippen LogP contribution in [0, 0.1) is 22.6 Å². The summed E-state index contributed by atoms with van der Waals surface area (Å²) in [7, 11) is 0. The van der Waals surface area contributed by atoms with Gasteiger partial charge in [-0.05, 0) is 50.4 Å². The van der Waals surface area contributed by atoms with Gasteiger partial charge in [0.15, 0.2) is 0 Å². The molecule has 1 fully saturated rings. The SMILES string of the molecule is CC1(C)C(COCc2ccc(F)c(Br)c2)C1(C)C. The minimum Gasteiger partial charge on any atom is -0.376 e. The van der Waals surface area contributed by atoms with E-state index in [9.17, 15) is 4.39 Å². The molecule has 0 N–H and O–H groups in total. The van der Waals surface area contributed by atoms with Crippen LogP contribution in [0.15, 0.2) is 22.7 Å². The zero-order valence-corrected chi connectivity index (χ0v) is 13.0. The van der Waals surface area contributed by atoms with Crippen molar-refractivity contribution in [3.63, 3.8) is 0 Å². The van der Waals surface area contributed by atoms with Gasteiger partial charge in [-0.3, -0.25) is 0 Å². The van der Waals surface area contributed by atoms with E-state index in [1.807, 2.05) is 0 Å². The van der Waals surface area contributed by atoms with Gasteiger partial charge in [-0.15, -0.1) is 0 Å². The van der Waals surface area contributed by atoms with E-state index in [4.69, 9.17) is 4.74 Å². The van der Waals surface area contributed by atoms with Crippen LogP contribution < -0.4 is 0 Å². The smallest absolute Gasteiger partial charge is 0.137 e. The molecule has 2 rings (SSSR count). The average Bonchev–Trinajstić information content (AvgIpc) is 2.65. The molecule has 3 heteroatoms. The van der Waals surface area contributed by atoms with Crippen molar-refractivity contribution in [1.29, 1.82) is 0 Å². The highest BCUT2D eigenvalue weighted by Crippen LogP contribution is 2.68. The Morgan fingerprint density at radius 2 is 1.83 bits per heavy atom. The Bertz CT molecular complexity index is 440. The predicted octanol–water partition coefficient (Wildman–Crippen LogP) is 4.79. The largest absolute Gasteiger partial charge is 0.376 e. The molecule has 0 radical (unpaired) electrons. The summed E-state index contributed by atoms with van der Waals surface area (Å²) in [5, 5.41) is 0. The second-order valence-electron chi connectivity index (χ2n) is 6.26. The first-order valence-electron chi connectivity index (χ1n) is 6.28. The Labute approximate surface area is 117 Å². The molecule has 18 heavy (non-hydrogen) atoms. The van der Waals surface area contributed by atoms with E-state index in [0.717, 1.165) is 12.2 Å². The first kappa shape index (κ1) is 14.0. The molecule has 0 spiro atoms. The van der Waals surface area contributed by atoms with Gasteiger partial charge in [-0.25, -0.2) is 4.39 Å². The first-order chi connectivity index (χ1) is 8.26. The number of ether oxygens (including phenoxy) is 1. The molecule has 1 aromatic carbocycles. The van der Waals surface area contributed by atoms with Crippen LogP contribution >= 0.6 is 15.9 Å². The number of rotatable bonds is 4. The summed E-state index contributed by atoms with van der Waals surface area (Å²) in [4.78, 5) is 0. The maximum absolute atomic E-state index is 13.1. The van der Waals surface area contributed by atoms with E-state index in [0.29, 0.717) is 27.8 Å². The van der Waals surface area contributed by atoms with E-state index in [1.165, 1.54) is 6.07 Å². The monoisotopic (exact) mass is 314 g/mol. The third-order valence-corrected chi connectivity index (χ3v) is 5.46. The third-order valence-electron chi connectivity index (χ3n) is 4.86. The number of halogens is 2. The molecule has 0 aromatic heterocycles. The van der Waals surface area contributed by atoms with Crippen molar-refractivity contribution in [2.45, 2.75) is 34.3 Å². The van der Waals surface area contributed by atoms with Gasteiger partial charge in [0.25, 0.3) is 0 Å². The lowest BCUT2D eigenvalue weighted by molar-refractivity contribution is 0.0992. The van der Waals surface area contributed by atoms with E-state index in [1.54, 1.807) is 12.1 Å². The maximum atomic E-state index is 13.1. The Morgan fingerprint density at radius 1 is 1.22 bits per heavy atom. The quantitative estimate of drug-likeness (QED) is 0.776. The summed E-state index contributed by atoms with van der Waals surface area (Å²) in [6, 6.07) is 5.01. The fourth-order valence-corrected chi connectivity index (χ4v) is 3.10. The van der Waals surface area contributed by atoms with Crippen molar-refractivity contribution in [1.82, 2.24) is 0 Å². The number of hydrogen-bond acceptors (Lipinski definition) is 1. The molecule has 0 aliphatic heterocycles. The van der Waals surface area contributed by atoms with E-state index < -0.39 is 0 Å². The third kappa shape index (κ3) is 2.35. The van der Waals surface area contributed by atoms with Crippen LogP contribution in [0.4, 0.5) is 4.39 Å². The fraction of sp³-hybridized carbons (Fsp3) is 0.600. The van der Waals surface area contributed by atoms with Gasteiger partial charge in [0.2, 0.25) is 0 Å². The Kier molecular flexibility index (Phi) is 3.58. The minimum absolute atomic E-state index is 0.233. The molecule has 1 aliphatic rings. The highest BCUT2D eigenvalue weighted by molar-refractivity contribution is 9.10. The van der Waals surface area contributed by atoms with Crippen LogP contribution in [0.3, 0.4) is 0 Å². The molecule has 0 amide bonds. The molecular weight excluding hydrogens is 295 g/mol. The standard InChI is InChI=1S/C15H20BrFO/c1-14(2)13(15(14,3)4)9-18-8-10-5-6-12(17)11(16)7-10/h5-7,13H,8-9H2,1-4H3. The van der Waals surface area contributed by atoms with Gasteiger partial charge in [-0.1, -0.05) is 33.8 Å². The maximum Gasteiger partial charge on any atom is 0.137 e. The highest BCUT2D eigenvalue weighted by Gasteiger charge is 2.64. The van der Waals surface area contributed by atoms with Crippen LogP contribution in [0.5, 0.6) is 0 Å². The highest BCUT2D eigenvalue weighted by atomic mass is 79.9. The fourth-order valence-electron chi connectivity index (χ4n) is 2.67. The summed E-state index contributed by atoms with van der Waals surface area (Å²) in [5.74, 6) is 0.372. The average molecular weight is 315 g/mol. The van der Waals surface area contributed by atoms with Crippen molar-refractivity contribution < 1.29 is 9.13 Å². The van der Waals surface area contributed by atoms with Crippen LogP contribution in [0.25, 0.3) is 0 Å². The van der Waals surface area contributed by atoms with Crippen molar-refractivity contribution in [3.8, 4) is 0 Å². The predicted molar refractivity (Wildman–Crippen MR) is 74.8 cm³/mol. The van der Waals surface area contributed by atoms with E-state index in [-0.39, 0.29) is 5.82 Å². The summed E-state index contributed by atoms with van der Waals surface area (Å²) in [6.07, 6.45) is 0. The van der Waals surface area contributed by atoms with Gasteiger partial charge in [0.05, 0.1) is 17.7 Å². The molecule has 1 aromatic rings. The van der Waals surface area contributed by atoms with Gasteiger partial charge < -0.3 is 4.74 Å². The van der Waals surface area contributed by atoms with Gasteiger partial charge in [0, 0.05) is 0 Å². The molecular formula is C15H20BrFO. The second-order valence-corrected chi connectivity index (χ2v) is 7.11. The molecule has 0 atom stereocenters. The summed E-state index contributed by atoms with van der Waals surface area (Å²) in [5.41, 5.74) is 1.71. The molecule has 100 valence electrons. The van der Waals surface area contributed by atoms with E-state index in [2.05, 4.69) is 43.6 Å². The zero-order chi connectivity index (χ0) is 13.6. The Morgan fingerprint density at radius 3 is 2.33 bits per heavy atom. The topological polar surface area (TPSA) is 9.23 Å². The normalized spacial score (nSPS) is 21.0. The molecule has 1 nitrogen and oxygen atoms in total. The van der Waals surface area contributed by atoms with Gasteiger partial charge in [0.1, 0.15) is 5.82 Å². The van der Waals surface area contributed by atoms with Crippen LogP contribution in [-0.2, 0) is 11.3 Å². The van der Waals surface area contributed by atoms with E-state index >= 15 is 0 Å². The Balaban J connectivity index is 1.85. The summed E-state index contributed by atoms with van der Waals surface area (Å²) in [6.45, 7) is 10.5. The molecule has 0 heterocycles. The lowest BCUT2D eigenvalue weighted by Gasteiger charge is -2.06. The summed E-state index contributed by atoms with van der Waals surface area (Å²) >= 11 is 3.18. The van der Waals surface area contributed by atoms with Crippen LogP contribution in [0.1, 0.15) is 33.3 Å². The van der Waals surface area contributed by atoms with Crippen LogP contribution in [0.2, 0.25) is 0 Å². The number of hydrogen-bond donors (Lipinski definition) is 0. The Hall–Kier alpha value is -0.410. The van der Waals surface area contributed by atoms with Crippen molar-refractivity contribution in [2.24, 2.45) is 16.7 Å². The van der Waals surface area contributed by atoms with Crippen molar-refractivity contribution >= 4 is 15.9 Å². The zero-order valence-electron chi connectivity index (χ0n) is 11.4. The number of benzene rings is 1. The van der Waals surface area contributed by atoms with Crippen molar-refractivity contribution in [3.05, 3.63) is 34.1 Å². The minimum atomic E-state index is -0.233.